The van der Waals surface area contributed by atoms with Crippen molar-refractivity contribution in [1.29, 1.82) is 0 Å². The summed E-state index contributed by atoms with van der Waals surface area (Å²) in [4.78, 5) is 40.1. The van der Waals surface area contributed by atoms with E-state index < -0.39 is 16.9 Å². The van der Waals surface area contributed by atoms with Crippen LogP contribution in [0, 0.1) is 24.0 Å². The van der Waals surface area contributed by atoms with Crippen molar-refractivity contribution in [3.05, 3.63) is 103 Å². The molecule has 1 aliphatic heterocycles. The number of esters is 2. The molecule has 0 saturated heterocycles. The maximum absolute atomic E-state index is 12.7. The Morgan fingerprint density at radius 2 is 1.86 bits per heavy atom. The summed E-state index contributed by atoms with van der Waals surface area (Å²) in [6, 6.07) is 14.7. The summed E-state index contributed by atoms with van der Waals surface area (Å²) in [6.45, 7) is 5.63. The number of benzene rings is 3. The van der Waals surface area contributed by atoms with Crippen LogP contribution < -0.4 is 9.47 Å². The molecule has 0 spiro atoms. The van der Waals surface area contributed by atoms with Crippen LogP contribution in [-0.4, -0.2) is 29.4 Å². The van der Waals surface area contributed by atoms with Crippen molar-refractivity contribution in [1.82, 2.24) is 0 Å². The van der Waals surface area contributed by atoms with E-state index in [9.17, 15) is 19.7 Å². The summed E-state index contributed by atoms with van der Waals surface area (Å²) >= 11 is 3.42. The number of aliphatic imine (C=N–C) groups is 1. The molecule has 0 amide bonds. The molecule has 10 heteroatoms. The van der Waals surface area contributed by atoms with Gasteiger partial charge in [0.05, 0.1) is 21.6 Å². The first-order valence-electron chi connectivity index (χ1n) is 11.2. The second-order valence-corrected chi connectivity index (χ2v) is 8.97. The molecule has 3 aromatic rings. The molecule has 0 aliphatic carbocycles. The average molecular weight is 565 g/mol. The van der Waals surface area contributed by atoms with Crippen LogP contribution in [0.2, 0.25) is 0 Å². The van der Waals surface area contributed by atoms with E-state index in [4.69, 9.17) is 14.2 Å². The summed E-state index contributed by atoms with van der Waals surface area (Å²) in [5, 5.41) is 11.3. The molecular weight excluding hydrogens is 544 g/mol. The van der Waals surface area contributed by atoms with Gasteiger partial charge in [0.1, 0.15) is 0 Å². The number of nitrogens with zero attached hydrogens (tertiary/aromatic N) is 2. The molecule has 37 heavy (non-hydrogen) atoms. The van der Waals surface area contributed by atoms with Gasteiger partial charge in [0.25, 0.3) is 5.69 Å². The second-order valence-electron chi connectivity index (χ2n) is 8.11. The summed E-state index contributed by atoms with van der Waals surface area (Å²) < 4.78 is 17.0. The third-order valence-corrected chi connectivity index (χ3v) is 5.98. The number of nitro benzene ring substituents is 1. The fourth-order valence-corrected chi connectivity index (χ4v) is 4.04. The van der Waals surface area contributed by atoms with Gasteiger partial charge in [-0.1, -0.05) is 23.8 Å². The Labute approximate surface area is 220 Å². The van der Waals surface area contributed by atoms with E-state index in [1.165, 1.54) is 12.1 Å². The minimum atomic E-state index is -0.706. The van der Waals surface area contributed by atoms with Gasteiger partial charge in [-0.2, -0.15) is 0 Å². The highest BCUT2D eigenvalue weighted by atomic mass is 79.9. The van der Waals surface area contributed by atoms with Gasteiger partial charge in [0.15, 0.2) is 17.2 Å². The van der Waals surface area contributed by atoms with Gasteiger partial charge >= 0.3 is 11.9 Å². The number of hydrogen-bond donors (Lipinski definition) is 0. The number of ether oxygens (including phenoxy) is 3. The van der Waals surface area contributed by atoms with Crippen molar-refractivity contribution < 1.29 is 28.7 Å². The lowest BCUT2D eigenvalue weighted by atomic mass is 10.1. The van der Waals surface area contributed by atoms with E-state index in [1.807, 2.05) is 19.1 Å². The molecule has 0 bridgehead atoms. The summed E-state index contributed by atoms with van der Waals surface area (Å²) in [5.74, 6) is -0.809. The van der Waals surface area contributed by atoms with Crippen molar-refractivity contribution in [2.24, 2.45) is 4.99 Å². The number of carbonyl (C=O) groups is 2. The van der Waals surface area contributed by atoms with E-state index >= 15 is 0 Å². The summed E-state index contributed by atoms with van der Waals surface area (Å²) in [7, 11) is 0. The Morgan fingerprint density at radius 1 is 1.14 bits per heavy atom. The Bertz CT molecular complexity index is 1480. The highest BCUT2D eigenvalue weighted by Gasteiger charge is 2.26. The number of nitro groups is 1. The highest BCUT2D eigenvalue weighted by molar-refractivity contribution is 9.10. The first kappa shape index (κ1) is 25.8. The summed E-state index contributed by atoms with van der Waals surface area (Å²) in [5.41, 5.74) is 2.61. The predicted molar refractivity (Wildman–Crippen MR) is 140 cm³/mol. The SMILES string of the molecule is CCOc1cc(/C=C2\N=C(c3ccc(C)c([N+](=O)[O-])c3)OC2=O)cc(Br)c1OC(=O)c1ccc(C)cc1. The van der Waals surface area contributed by atoms with Crippen LogP contribution in [0.1, 0.15) is 39.5 Å². The van der Waals surface area contributed by atoms with E-state index in [0.717, 1.165) is 5.56 Å². The Hall–Kier alpha value is -4.31. The van der Waals surface area contributed by atoms with E-state index in [-0.39, 0.29) is 28.8 Å². The fraction of sp³-hybridized carbons (Fsp3) is 0.148. The van der Waals surface area contributed by atoms with Crippen LogP contribution >= 0.6 is 15.9 Å². The van der Waals surface area contributed by atoms with Gasteiger partial charge < -0.3 is 14.2 Å². The minimum Gasteiger partial charge on any atom is -0.490 e. The number of halogens is 1. The third-order valence-electron chi connectivity index (χ3n) is 5.39. The number of aryl methyl sites for hydroxylation is 2. The normalized spacial score (nSPS) is 13.8. The van der Waals surface area contributed by atoms with Crippen LogP contribution in [0.15, 0.2) is 69.8 Å². The van der Waals surface area contributed by atoms with Crippen LogP contribution in [0.25, 0.3) is 6.08 Å². The van der Waals surface area contributed by atoms with E-state index in [2.05, 4.69) is 20.9 Å². The van der Waals surface area contributed by atoms with Crippen LogP contribution in [0.4, 0.5) is 5.69 Å². The van der Waals surface area contributed by atoms with Gasteiger partial charge in [0, 0.05) is 17.2 Å². The minimum absolute atomic E-state index is 0.00280. The topological polar surface area (TPSA) is 117 Å². The van der Waals surface area contributed by atoms with E-state index in [0.29, 0.717) is 33.3 Å². The van der Waals surface area contributed by atoms with Gasteiger partial charge in [-0.3, -0.25) is 10.1 Å². The molecule has 0 N–H and O–H groups in total. The predicted octanol–water partition coefficient (Wildman–Crippen LogP) is 5.94. The lowest BCUT2D eigenvalue weighted by molar-refractivity contribution is -0.385. The zero-order valence-corrected chi connectivity index (χ0v) is 21.7. The smallest absolute Gasteiger partial charge is 0.363 e. The molecule has 1 heterocycles. The molecule has 9 nitrogen and oxygen atoms in total. The van der Waals surface area contributed by atoms with E-state index in [1.54, 1.807) is 50.2 Å². The molecule has 0 unspecified atom stereocenters. The highest BCUT2D eigenvalue weighted by Crippen LogP contribution is 2.38. The molecule has 0 aromatic heterocycles. The molecule has 0 saturated carbocycles. The third kappa shape index (κ3) is 5.75. The lowest BCUT2D eigenvalue weighted by Gasteiger charge is -2.13. The van der Waals surface area contributed by atoms with Crippen molar-refractivity contribution >= 4 is 45.5 Å². The number of cyclic esters (lactones) is 1. The van der Waals surface area contributed by atoms with Crippen LogP contribution in [0.3, 0.4) is 0 Å². The molecule has 3 aromatic carbocycles. The van der Waals surface area contributed by atoms with Gasteiger partial charge in [-0.15, -0.1) is 0 Å². The molecular formula is C27H21BrN2O7. The average Bonchev–Trinajstić information content (AvgIpc) is 3.21. The first-order valence-corrected chi connectivity index (χ1v) is 12.0. The van der Waals surface area contributed by atoms with Gasteiger partial charge in [0.2, 0.25) is 5.90 Å². The maximum atomic E-state index is 12.7. The number of hydrogen-bond acceptors (Lipinski definition) is 8. The Balaban J connectivity index is 1.65. The number of rotatable bonds is 7. The van der Waals surface area contributed by atoms with Crippen molar-refractivity contribution in [3.8, 4) is 11.5 Å². The zero-order chi connectivity index (χ0) is 26.7. The second kappa shape index (κ2) is 10.8. The monoisotopic (exact) mass is 564 g/mol. The first-order chi connectivity index (χ1) is 17.7. The molecule has 0 atom stereocenters. The largest absolute Gasteiger partial charge is 0.490 e. The van der Waals surface area contributed by atoms with Crippen molar-refractivity contribution in [3.63, 3.8) is 0 Å². The van der Waals surface area contributed by atoms with Crippen LogP contribution in [-0.2, 0) is 9.53 Å². The van der Waals surface area contributed by atoms with Gasteiger partial charge in [-0.25, -0.2) is 14.6 Å². The van der Waals surface area contributed by atoms with Crippen LogP contribution in [0.5, 0.6) is 11.5 Å². The molecule has 0 radical (unpaired) electrons. The van der Waals surface area contributed by atoms with Crippen molar-refractivity contribution in [2.75, 3.05) is 6.61 Å². The van der Waals surface area contributed by atoms with Gasteiger partial charge in [-0.05, 0) is 78.7 Å². The standard InChI is InChI=1S/C27H21BrN2O7/c1-4-35-23-13-17(11-20(28)24(23)36-26(31)18-8-5-15(2)6-9-18)12-21-27(32)37-25(29-21)19-10-7-16(3)22(14-19)30(33)34/h5-14H,4H2,1-3H3/b21-12-. The van der Waals surface area contributed by atoms with Crippen molar-refractivity contribution in [2.45, 2.75) is 20.8 Å². The lowest BCUT2D eigenvalue weighted by Crippen LogP contribution is -2.10. The molecule has 4 rings (SSSR count). The maximum Gasteiger partial charge on any atom is 0.363 e. The molecule has 1 aliphatic rings. The summed E-state index contributed by atoms with van der Waals surface area (Å²) in [6.07, 6.45) is 1.48. The fourth-order valence-electron chi connectivity index (χ4n) is 3.50. The molecule has 188 valence electrons. The quantitative estimate of drug-likeness (QED) is 0.114. The zero-order valence-electron chi connectivity index (χ0n) is 20.1. The number of carbonyl (C=O) groups excluding carboxylic acids is 2. The Morgan fingerprint density at radius 3 is 2.54 bits per heavy atom. The Kier molecular flexibility index (Phi) is 7.49. The molecule has 0 fully saturated rings.